The smallest absolute Gasteiger partial charge is 0.0618 e. The molecule has 0 fully saturated rings. The SMILES string of the molecule is c1ccc(-c2ccc(-c3cccc(-c4ccc(-c5ccccc5)cc4)c3-n3c4ccccc4c4cc(-n5c6ccccc6c6ccccc65)ccc43)cc2)cc1. The molecule has 2 aromatic heterocycles. The number of fused-ring (bicyclic) bond motifs is 6. The highest BCUT2D eigenvalue weighted by atomic mass is 15.0. The zero-order valence-electron chi connectivity index (χ0n) is 30.7. The van der Waals surface area contributed by atoms with E-state index < -0.39 is 0 Å². The summed E-state index contributed by atoms with van der Waals surface area (Å²) >= 11 is 0. The van der Waals surface area contributed by atoms with Gasteiger partial charge >= 0.3 is 0 Å². The molecule has 0 atom stereocenters. The fraction of sp³-hybridized carbons (Fsp3) is 0. The largest absolute Gasteiger partial charge is 0.309 e. The summed E-state index contributed by atoms with van der Waals surface area (Å²) in [7, 11) is 0. The summed E-state index contributed by atoms with van der Waals surface area (Å²) < 4.78 is 4.92. The van der Waals surface area contributed by atoms with Crippen molar-refractivity contribution in [3.05, 3.63) is 218 Å². The highest BCUT2D eigenvalue weighted by molar-refractivity contribution is 6.13. The molecule has 0 saturated heterocycles. The average molecular weight is 713 g/mol. The van der Waals surface area contributed by atoms with Crippen molar-refractivity contribution in [3.63, 3.8) is 0 Å². The van der Waals surface area contributed by atoms with Gasteiger partial charge in [-0.3, -0.25) is 0 Å². The molecule has 0 saturated carbocycles. The predicted octanol–water partition coefficient (Wildman–Crippen LogP) is 14.5. The molecular formula is C54H36N2. The van der Waals surface area contributed by atoms with Gasteiger partial charge in [0.1, 0.15) is 0 Å². The molecule has 0 aliphatic rings. The Hall–Kier alpha value is -7.42. The van der Waals surface area contributed by atoms with Crippen LogP contribution in [0.2, 0.25) is 0 Å². The van der Waals surface area contributed by atoms with Crippen molar-refractivity contribution in [2.75, 3.05) is 0 Å². The minimum atomic E-state index is 1.15. The molecule has 9 aromatic carbocycles. The lowest BCUT2D eigenvalue weighted by Crippen LogP contribution is -2.01. The molecule has 0 aliphatic heterocycles. The summed E-state index contributed by atoms with van der Waals surface area (Å²) in [6, 6.07) is 79.4. The Morgan fingerprint density at radius 3 is 1.11 bits per heavy atom. The number of nitrogens with zero attached hydrogens (tertiary/aromatic N) is 2. The zero-order valence-corrected chi connectivity index (χ0v) is 30.7. The third kappa shape index (κ3) is 5.19. The molecule has 11 rings (SSSR count). The summed E-state index contributed by atoms with van der Waals surface area (Å²) in [5.74, 6) is 0. The molecule has 11 aromatic rings. The van der Waals surface area contributed by atoms with Crippen molar-refractivity contribution in [3.8, 4) is 55.9 Å². The number of aromatic nitrogens is 2. The van der Waals surface area contributed by atoms with Crippen LogP contribution in [0, 0.1) is 0 Å². The van der Waals surface area contributed by atoms with Crippen molar-refractivity contribution in [1.82, 2.24) is 9.13 Å². The molecule has 2 heterocycles. The Morgan fingerprint density at radius 2 is 0.607 bits per heavy atom. The molecule has 2 heteroatoms. The van der Waals surface area contributed by atoms with Gasteiger partial charge in [0.25, 0.3) is 0 Å². The second-order valence-electron chi connectivity index (χ2n) is 14.5. The van der Waals surface area contributed by atoms with Gasteiger partial charge in [0.15, 0.2) is 0 Å². The third-order valence-corrected chi connectivity index (χ3v) is 11.4. The number of benzene rings is 9. The van der Waals surface area contributed by atoms with Crippen LogP contribution < -0.4 is 0 Å². The van der Waals surface area contributed by atoms with Crippen LogP contribution in [0.4, 0.5) is 0 Å². The second kappa shape index (κ2) is 13.2. The quantitative estimate of drug-likeness (QED) is 0.162. The van der Waals surface area contributed by atoms with E-state index in [1.54, 1.807) is 0 Å². The summed E-state index contributed by atoms with van der Waals surface area (Å²) in [4.78, 5) is 0. The van der Waals surface area contributed by atoms with Crippen LogP contribution in [0.25, 0.3) is 99.5 Å². The lowest BCUT2D eigenvalue weighted by atomic mass is 9.93. The van der Waals surface area contributed by atoms with Gasteiger partial charge in [-0.25, -0.2) is 0 Å². The standard InChI is InChI=1S/C54H36N2/c1-3-14-37(15-4-1)39-26-30-41(31-27-39)44-21-13-22-45(42-32-28-40(29-33-42)38-16-5-2-6-17-38)54(44)56-52-25-12-9-20-48(52)49-36-43(34-35-53(49)56)55-50-23-10-7-18-46(50)47-19-8-11-24-51(47)55/h1-36H. The third-order valence-electron chi connectivity index (χ3n) is 11.4. The van der Waals surface area contributed by atoms with E-state index in [1.165, 1.54) is 93.8 Å². The number of rotatable bonds is 6. The van der Waals surface area contributed by atoms with Gasteiger partial charge in [0, 0.05) is 38.4 Å². The number of hydrogen-bond acceptors (Lipinski definition) is 0. The molecule has 0 bridgehead atoms. The highest BCUT2D eigenvalue weighted by Crippen LogP contribution is 2.43. The number of para-hydroxylation sites is 4. The lowest BCUT2D eigenvalue weighted by molar-refractivity contribution is 1.17. The van der Waals surface area contributed by atoms with Crippen LogP contribution in [0.3, 0.4) is 0 Å². The summed E-state index contributed by atoms with van der Waals surface area (Å²) in [6.45, 7) is 0. The van der Waals surface area contributed by atoms with E-state index in [4.69, 9.17) is 0 Å². The first-order chi connectivity index (χ1) is 27.8. The Kier molecular flexibility index (Phi) is 7.53. The van der Waals surface area contributed by atoms with E-state index in [0.29, 0.717) is 0 Å². The molecule has 0 radical (unpaired) electrons. The van der Waals surface area contributed by atoms with Crippen molar-refractivity contribution in [1.29, 1.82) is 0 Å². The molecule has 56 heavy (non-hydrogen) atoms. The molecular weight excluding hydrogens is 677 g/mol. The monoisotopic (exact) mass is 712 g/mol. The lowest BCUT2D eigenvalue weighted by Gasteiger charge is -2.20. The summed E-state index contributed by atoms with van der Waals surface area (Å²) in [5.41, 5.74) is 16.7. The molecule has 0 spiro atoms. The minimum Gasteiger partial charge on any atom is -0.309 e. The van der Waals surface area contributed by atoms with Crippen LogP contribution >= 0.6 is 0 Å². The summed E-state index contributed by atoms with van der Waals surface area (Å²) in [6.07, 6.45) is 0. The average Bonchev–Trinajstić information content (AvgIpc) is 3.79. The van der Waals surface area contributed by atoms with E-state index in [-0.39, 0.29) is 0 Å². The van der Waals surface area contributed by atoms with E-state index in [0.717, 1.165) is 5.69 Å². The van der Waals surface area contributed by atoms with Gasteiger partial charge in [-0.15, -0.1) is 0 Å². The zero-order chi connectivity index (χ0) is 37.0. The van der Waals surface area contributed by atoms with Crippen LogP contribution in [-0.2, 0) is 0 Å². The first-order valence-electron chi connectivity index (χ1n) is 19.3. The maximum absolute atomic E-state index is 2.50. The molecule has 2 nitrogen and oxygen atoms in total. The van der Waals surface area contributed by atoms with Crippen LogP contribution in [0.15, 0.2) is 218 Å². The van der Waals surface area contributed by atoms with Crippen LogP contribution in [0.5, 0.6) is 0 Å². The molecule has 0 amide bonds. The van der Waals surface area contributed by atoms with Crippen molar-refractivity contribution < 1.29 is 0 Å². The van der Waals surface area contributed by atoms with E-state index >= 15 is 0 Å². The van der Waals surface area contributed by atoms with Gasteiger partial charge in [-0.1, -0.05) is 182 Å². The first kappa shape index (κ1) is 32.0. The fourth-order valence-electron chi connectivity index (χ4n) is 8.74. The van der Waals surface area contributed by atoms with Gasteiger partial charge in [0.05, 0.1) is 27.8 Å². The predicted molar refractivity (Wildman–Crippen MR) is 237 cm³/mol. The van der Waals surface area contributed by atoms with Crippen molar-refractivity contribution in [2.45, 2.75) is 0 Å². The van der Waals surface area contributed by atoms with Gasteiger partial charge < -0.3 is 9.13 Å². The van der Waals surface area contributed by atoms with E-state index in [2.05, 4.69) is 228 Å². The van der Waals surface area contributed by atoms with Gasteiger partial charge in [-0.2, -0.15) is 0 Å². The maximum atomic E-state index is 2.50. The van der Waals surface area contributed by atoms with E-state index in [1.807, 2.05) is 0 Å². The molecule has 262 valence electrons. The second-order valence-corrected chi connectivity index (χ2v) is 14.5. The Bertz CT molecular complexity index is 3050. The van der Waals surface area contributed by atoms with Crippen LogP contribution in [-0.4, -0.2) is 9.13 Å². The van der Waals surface area contributed by atoms with E-state index in [9.17, 15) is 0 Å². The maximum Gasteiger partial charge on any atom is 0.0618 e. The van der Waals surface area contributed by atoms with Crippen LogP contribution in [0.1, 0.15) is 0 Å². The minimum absolute atomic E-state index is 1.15. The van der Waals surface area contributed by atoms with Crippen molar-refractivity contribution in [2.24, 2.45) is 0 Å². The highest BCUT2D eigenvalue weighted by Gasteiger charge is 2.21. The molecule has 0 unspecified atom stereocenters. The summed E-state index contributed by atoms with van der Waals surface area (Å²) in [5, 5.41) is 4.98. The fourth-order valence-corrected chi connectivity index (χ4v) is 8.74. The Balaban J connectivity index is 1.16. The number of hydrogen-bond donors (Lipinski definition) is 0. The Labute approximate surface area is 325 Å². The molecule has 0 N–H and O–H groups in total. The van der Waals surface area contributed by atoms with Gasteiger partial charge in [0.2, 0.25) is 0 Å². The van der Waals surface area contributed by atoms with Crippen molar-refractivity contribution >= 4 is 43.6 Å². The normalized spacial score (nSPS) is 11.6. The molecule has 0 aliphatic carbocycles. The Morgan fingerprint density at radius 1 is 0.232 bits per heavy atom. The topological polar surface area (TPSA) is 9.86 Å². The van der Waals surface area contributed by atoms with Gasteiger partial charge in [-0.05, 0) is 69.8 Å². The first-order valence-corrected chi connectivity index (χ1v) is 19.3.